The summed E-state index contributed by atoms with van der Waals surface area (Å²) in [6, 6.07) is 8.32. The van der Waals surface area contributed by atoms with Crippen LogP contribution in [0, 0.1) is 5.92 Å². The molecule has 2 nitrogen and oxygen atoms in total. The highest BCUT2D eigenvalue weighted by Gasteiger charge is 2.22. The van der Waals surface area contributed by atoms with E-state index in [2.05, 4.69) is 24.4 Å². The molecule has 0 aliphatic carbocycles. The molecule has 3 heteroatoms. The second-order valence-corrected chi connectivity index (χ2v) is 5.16. The first kappa shape index (κ1) is 12.7. The Morgan fingerprint density at radius 1 is 1.47 bits per heavy atom. The molecule has 1 heterocycles. The van der Waals surface area contributed by atoms with Gasteiger partial charge in [-0.15, -0.1) is 11.6 Å². The molecule has 1 aliphatic heterocycles. The molecular formula is C14H20ClNO. The Morgan fingerprint density at radius 3 is 3.12 bits per heavy atom. The highest BCUT2D eigenvalue weighted by Crippen LogP contribution is 2.32. The van der Waals surface area contributed by atoms with E-state index in [-0.39, 0.29) is 0 Å². The first-order valence-electron chi connectivity index (χ1n) is 6.29. The number of para-hydroxylation sites is 1. The third-order valence-electron chi connectivity index (χ3n) is 3.28. The summed E-state index contributed by atoms with van der Waals surface area (Å²) in [6.07, 6.45) is 1.08. The fourth-order valence-corrected chi connectivity index (χ4v) is 2.56. The van der Waals surface area contributed by atoms with E-state index in [0.717, 1.165) is 37.7 Å². The smallest absolute Gasteiger partial charge is 0.122 e. The molecule has 0 bridgehead atoms. The molecule has 94 valence electrons. The molecule has 0 radical (unpaired) electrons. The van der Waals surface area contributed by atoms with Crippen molar-refractivity contribution in [1.29, 1.82) is 0 Å². The van der Waals surface area contributed by atoms with Crippen molar-refractivity contribution in [2.24, 2.45) is 5.92 Å². The number of ether oxygens (including phenoxy) is 1. The molecule has 1 N–H and O–H groups in total. The molecule has 1 aromatic rings. The molecule has 2 atom stereocenters. The second kappa shape index (κ2) is 6.27. The highest BCUT2D eigenvalue weighted by molar-refractivity contribution is 6.17. The van der Waals surface area contributed by atoms with Gasteiger partial charge >= 0.3 is 0 Å². The summed E-state index contributed by atoms with van der Waals surface area (Å²) >= 11 is 5.72. The SMILES string of the molecule is CC(CCCl)CNCC1COc2ccccc21. The predicted molar refractivity (Wildman–Crippen MR) is 72.0 cm³/mol. The lowest BCUT2D eigenvalue weighted by molar-refractivity contribution is 0.324. The Balaban J connectivity index is 1.78. The number of fused-ring (bicyclic) bond motifs is 1. The van der Waals surface area contributed by atoms with Crippen LogP contribution in [0.2, 0.25) is 0 Å². The average molecular weight is 254 g/mol. The van der Waals surface area contributed by atoms with Crippen molar-refractivity contribution in [3.63, 3.8) is 0 Å². The molecule has 0 saturated carbocycles. The van der Waals surface area contributed by atoms with Gasteiger partial charge in [-0.25, -0.2) is 0 Å². The van der Waals surface area contributed by atoms with Gasteiger partial charge in [0.05, 0.1) is 6.61 Å². The number of benzene rings is 1. The van der Waals surface area contributed by atoms with Crippen LogP contribution in [-0.2, 0) is 0 Å². The van der Waals surface area contributed by atoms with Crippen LogP contribution in [-0.4, -0.2) is 25.6 Å². The molecule has 2 rings (SSSR count). The molecule has 0 aromatic heterocycles. The number of hydrogen-bond acceptors (Lipinski definition) is 2. The van der Waals surface area contributed by atoms with Crippen LogP contribution in [0.15, 0.2) is 24.3 Å². The average Bonchev–Trinajstić information content (AvgIpc) is 2.73. The first-order valence-corrected chi connectivity index (χ1v) is 6.83. The minimum atomic E-state index is 0.495. The summed E-state index contributed by atoms with van der Waals surface area (Å²) in [5.74, 6) is 2.94. The Hall–Kier alpha value is -0.730. The predicted octanol–water partition coefficient (Wildman–Crippen LogP) is 3.02. The molecule has 0 spiro atoms. The van der Waals surface area contributed by atoms with E-state index >= 15 is 0 Å². The van der Waals surface area contributed by atoms with Gasteiger partial charge in [0.15, 0.2) is 0 Å². The van der Waals surface area contributed by atoms with Crippen LogP contribution in [0.4, 0.5) is 0 Å². The minimum Gasteiger partial charge on any atom is -0.493 e. The Labute approximate surface area is 108 Å². The number of halogens is 1. The Kier molecular flexibility index (Phi) is 4.69. The summed E-state index contributed by atoms with van der Waals surface area (Å²) in [5, 5.41) is 3.51. The van der Waals surface area contributed by atoms with Gasteiger partial charge < -0.3 is 10.1 Å². The molecule has 1 aromatic carbocycles. The fourth-order valence-electron chi connectivity index (χ4n) is 2.19. The first-order chi connectivity index (χ1) is 8.31. The van der Waals surface area contributed by atoms with Crippen molar-refractivity contribution in [3.05, 3.63) is 29.8 Å². The molecule has 17 heavy (non-hydrogen) atoms. The van der Waals surface area contributed by atoms with Gasteiger partial charge in [0.1, 0.15) is 5.75 Å². The minimum absolute atomic E-state index is 0.495. The van der Waals surface area contributed by atoms with Crippen LogP contribution in [0.5, 0.6) is 5.75 Å². The van der Waals surface area contributed by atoms with E-state index in [9.17, 15) is 0 Å². The zero-order valence-electron chi connectivity index (χ0n) is 10.3. The van der Waals surface area contributed by atoms with Crippen molar-refractivity contribution in [2.45, 2.75) is 19.3 Å². The lowest BCUT2D eigenvalue weighted by atomic mass is 10.0. The number of alkyl halides is 1. The molecule has 0 amide bonds. The number of nitrogens with one attached hydrogen (secondary N) is 1. The maximum absolute atomic E-state index is 5.72. The van der Waals surface area contributed by atoms with E-state index in [1.165, 1.54) is 5.56 Å². The highest BCUT2D eigenvalue weighted by atomic mass is 35.5. The van der Waals surface area contributed by atoms with Gasteiger partial charge in [-0.1, -0.05) is 25.1 Å². The molecule has 0 saturated heterocycles. The molecule has 1 aliphatic rings. The molecule has 2 unspecified atom stereocenters. The van der Waals surface area contributed by atoms with Crippen molar-refractivity contribution in [3.8, 4) is 5.75 Å². The van der Waals surface area contributed by atoms with Crippen molar-refractivity contribution in [1.82, 2.24) is 5.32 Å². The van der Waals surface area contributed by atoms with E-state index in [4.69, 9.17) is 16.3 Å². The third-order valence-corrected chi connectivity index (χ3v) is 3.50. The normalized spacial score (nSPS) is 19.8. The summed E-state index contributed by atoms with van der Waals surface area (Å²) < 4.78 is 5.65. The maximum Gasteiger partial charge on any atom is 0.122 e. The zero-order valence-corrected chi connectivity index (χ0v) is 11.0. The van der Waals surface area contributed by atoms with Gasteiger partial charge in [0, 0.05) is 23.9 Å². The lowest BCUT2D eigenvalue weighted by Crippen LogP contribution is -2.27. The number of hydrogen-bond donors (Lipinski definition) is 1. The van der Waals surface area contributed by atoms with Crippen molar-refractivity contribution in [2.75, 3.05) is 25.6 Å². The summed E-state index contributed by atoms with van der Waals surface area (Å²) in [4.78, 5) is 0. The maximum atomic E-state index is 5.72. The van der Waals surface area contributed by atoms with Crippen LogP contribution in [0.1, 0.15) is 24.8 Å². The van der Waals surface area contributed by atoms with Gasteiger partial charge in [0.25, 0.3) is 0 Å². The fraction of sp³-hybridized carbons (Fsp3) is 0.571. The van der Waals surface area contributed by atoms with Crippen molar-refractivity contribution < 1.29 is 4.74 Å². The van der Waals surface area contributed by atoms with E-state index in [1.54, 1.807) is 0 Å². The van der Waals surface area contributed by atoms with Crippen molar-refractivity contribution >= 4 is 11.6 Å². The van der Waals surface area contributed by atoms with Gasteiger partial charge in [-0.2, -0.15) is 0 Å². The monoisotopic (exact) mass is 253 g/mol. The van der Waals surface area contributed by atoms with Crippen LogP contribution in [0.3, 0.4) is 0 Å². The quantitative estimate of drug-likeness (QED) is 0.787. The largest absolute Gasteiger partial charge is 0.493 e. The second-order valence-electron chi connectivity index (χ2n) is 4.79. The Bertz CT molecular complexity index is 356. The van der Waals surface area contributed by atoms with E-state index < -0.39 is 0 Å². The summed E-state index contributed by atoms with van der Waals surface area (Å²) in [5.41, 5.74) is 1.34. The van der Waals surface area contributed by atoms with Crippen LogP contribution < -0.4 is 10.1 Å². The van der Waals surface area contributed by atoms with Gasteiger partial charge in [0.2, 0.25) is 0 Å². The third kappa shape index (κ3) is 3.36. The van der Waals surface area contributed by atoms with Crippen LogP contribution >= 0.6 is 11.6 Å². The van der Waals surface area contributed by atoms with Gasteiger partial charge in [-0.05, 0) is 24.9 Å². The van der Waals surface area contributed by atoms with Crippen LogP contribution in [0.25, 0.3) is 0 Å². The lowest BCUT2D eigenvalue weighted by Gasteiger charge is -2.14. The molecular weight excluding hydrogens is 234 g/mol. The molecule has 0 fully saturated rings. The Morgan fingerprint density at radius 2 is 2.29 bits per heavy atom. The number of rotatable bonds is 6. The topological polar surface area (TPSA) is 21.3 Å². The summed E-state index contributed by atoms with van der Waals surface area (Å²) in [6.45, 7) is 5.06. The zero-order chi connectivity index (χ0) is 12.1. The van der Waals surface area contributed by atoms with E-state index in [0.29, 0.717) is 11.8 Å². The standard InChI is InChI=1S/C14H20ClNO/c1-11(6-7-15)8-16-9-12-10-17-14-5-3-2-4-13(12)14/h2-5,11-12,16H,6-10H2,1H3. The summed E-state index contributed by atoms with van der Waals surface area (Å²) in [7, 11) is 0. The van der Waals surface area contributed by atoms with Gasteiger partial charge in [-0.3, -0.25) is 0 Å². The van der Waals surface area contributed by atoms with E-state index in [1.807, 2.05) is 12.1 Å².